The molecule has 0 amide bonds. The average Bonchev–Trinajstić information content (AvgIpc) is 3.85. The molecule has 2 aliphatic heterocycles. The highest BCUT2D eigenvalue weighted by Crippen LogP contribution is 2.40. The minimum absolute atomic E-state index is 0.279. The van der Waals surface area contributed by atoms with Crippen LogP contribution in [0.15, 0.2) is 92.0 Å². The van der Waals surface area contributed by atoms with E-state index in [-0.39, 0.29) is 12.6 Å². The summed E-state index contributed by atoms with van der Waals surface area (Å²) < 4.78 is 22.2. The van der Waals surface area contributed by atoms with Gasteiger partial charge in [-0.1, -0.05) is 29.3 Å². The highest BCUT2D eigenvalue weighted by molar-refractivity contribution is 6.35. The summed E-state index contributed by atoms with van der Waals surface area (Å²) in [5, 5.41) is 9.41. The van der Waals surface area contributed by atoms with Crippen molar-refractivity contribution in [1.82, 2.24) is 29.5 Å². The molecule has 2 atom stereocenters. The molecule has 0 aliphatic carbocycles. The molecule has 2 aliphatic rings. The number of hydrogen-bond acceptors (Lipinski definition) is 9. The van der Waals surface area contributed by atoms with E-state index in [0.717, 1.165) is 37.6 Å². The van der Waals surface area contributed by atoms with Crippen LogP contribution in [0.3, 0.4) is 0 Å². The lowest BCUT2D eigenvalue weighted by Gasteiger charge is -2.37. The molecule has 2 saturated heterocycles. The van der Waals surface area contributed by atoms with Crippen LogP contribution >= 0.6 is 23.2 Å². The highest BCUT2D eigenvalue weighted by atomic mass is 35.5. The Kier molecular flexibility index (Phi) is 8.09. The Morgan fingerprint density at radius 2 is 1.45 bits per heavy atom. The fraction of sp³-hybridized carbons (Fsp3) is 0.290. The van der Waals surface area contributed by atoms with Gasteiger partial charge in [-0.2, -0.15) is 10.2 Å². The zero-order valence-electron chi connectivity index (χ0n) is 23.7. The molecule has 0 N–H and O–H groups in total. The van der Waals surface area contributed by atoms with Gasteiger partial charge in [-0.15, -0.1) is 0 Å². The van der Waals surface area contributed by atoms with Gasteiger partial charge in [0.25, 0.3) is 0 Å². The fourth-order valence-corrected chi connectivity index (χ4v) is 6.16. The van der Waals surface area contributed by atoms with Gasteiger partial charge in [0.1, 0.15) is 50.3 Å². The van der Waals surface area contributed by atoms with Gasteiger partial charge in [0.05, 0.1) is 17.3 Å². The van der Waals surface area contributed by atoms with Crippen LogP contribution in [0.2, 0.25) is 10.0 Å². The molecule has 44 heavy (non-hydrogen) atoms. The summed E-state index contributed by atoms with van der Waals surface area (Å²) in [6.45, 7) is 4.67. The van der Waals surface area contributed by atoms with Crippen molar-refractivity contribution in [1.29, 1.82) is 0 Å². The molecule has 0 bridgehead atoms. The molecule has 2 unspecified atom stereocenters. The van der Waals surface area contributed by atoms with Crippen LogP contribution in [0.25, 0.3) is 5.69 Å². The first-order valence-corrected chi connectivity index (χ1v) is 15.1. The predicted molar refractivity (Wildman–Crippen MR) is 167 cm³/mol. The SMILES string of the molecule is Clc1ccc(C2(Cn3cncn3)OCC(COc3ccc(N4CCN(c5ccc(-n6cncn6)cc5)CC4)cc3)O2)c(Cl)c1. The van der Waals surface area contributed by atoms with Crippen molar-refractivity contribution in [3.63, 3.8) is 0 Å². The van der Waals surface area contributed by atoms with Crippen LogP contribution in [0.5, 0.6) is 5.75 Å². The summed E-state index contributed by atoms with van der Waals surface area (Å²) in [5.74, 6) is -0.379. The zero-order chi connectivity index (χ0) is 29.9. The first-order valence-electron chi connectivity index (χ1n) is 14.3. The maximum atomic E-state index is 6.57. The lowest BCUT2D eigenvalue weighted by Crippen LogP contribution is -2.46. The van der Waals surface area contributed by atoms with Gasteiger partial charge in [-0.3, -0.25) is 0 Å². The number of ether oxygens (including phenoxy) is 3. The van der Waals surface area contributed by atoms with E-state index in [2.05, 4.69) is 66.4 Å². The molecule has 0 saturated carbocycles. The number of rotatable bonds is 9. The lowest BCUT2D eigenvalue weighted by molar-refractivity contribution is -0.190. The van der Waals surface area contributed by atoms with Crippen LogP contribution in [0.4, 0.5) is 11.4 Å². The molecule has 7 rings (SSSR count). The zero-order valence-corrected chi connectivity index (χ0v) is 25.3. The number of hydrogen-bond donors (Lipinski definition) is 0. The summed E-state index contributed by atoms with van der Waals surface area (Å²) >= 11 is 12.7. The van der Waals surface area contributed by atoms with E-state index in [4.69, 9.17) is 37.4 Å². The Morgan fingerprint density at radius 1 is 0.795 bits per heavy atom. The van der Waals surface area contributed by atoms with Crippen molar-refractivity contribution in [2.24, 2.45) is 0 Å². The van der Waals surface area contributed by atoms with Gasteiger partial charge < -0.3 is 24.0 Å². The van der Waals surface area contributed by atoms with Crippen molar-refractivity contribution in [2.75, 3.05) is 49.2 Å². The third-order valence-corrected chi connectivity index (χ3v) is 8.40. The summed E-state index contributed by atoms with van der Waals surface area (Å²) in [6, 6.07) is 21.9. The highest BCUT2D eigenvalue weighted by Gasteiger charge is 2.45. The maximum Gasteiger partial charge on any atom is 0.217 e. The van der Waals surface area contributed by atoms with Crippen molar-refractivity contribution < 1.29 is 14.2 Å². The summed E-state index contributed by atoms with van der Waals surface area (Å²) in [4.78, 5) is 12.9. The molecule has 11 nitrogen and oxygen atoms in total. The second kappa shape index (κ2) is 12.4. The van der Waals surface area contributed by atoms with Crippen molar-refractivity contribution in [2.45, 2.75) is 18.4 Å². The van der Waals surface area contributed by atoms with Gasteiger partial charge in [0.15, 0.2) is 0 Å². The van der Waals surface area contributed by atoms with Gasteiger partial charge in [0.2, 0.25) is 5.79 Å². The maximum absolute atomic E-state index is 6.57. The molecule has 4 heterocycles. The van der Waals surface area contributed by atoms with E-state index in [1.54, 1.807) is 34.2 Å². The van der Waals surface area contributed by atoms with Gasteiger partial charge in [0, 0.05) is 48.1 Å². The van der Waals surface area contributed by atoms with Crippen LogP contribution in [0, 0.1) is 0 Å². The monoisotopic (exact) mass is 632 g/mol. The lowest BCUT2D eigenvalue weighted by atomic mass is 10.1. The minimum Gasteiger partial charge on any atom is -0.491 e. The predicted octanol–water partition coefficient (Wildman–Crippen LogP) is 4.84. The number of anilines is 2. The third-order valence-electron chi connectivity index (χ3n) is 7.85. The van der Waals surface area contributed by atoms with Crippen LogP contribution in [-0.2, 0) is 21.8 Å². The van der Waals surface area contributed by atoms with Crippen LogP contribution in [0.1, 0.15) is 5.56 Å². The Hall–Kier alpha value is -4.16. The molecule has 3 aromatic carbocycles. The van der Waals surface area contributed by atoms with Gasteiger partial charge in [-0.05, 0) is 60.7 Å². The van der Waals surface area contributed by atoms with Gasteiger partial charge in [-0.25, -0.2) is 19.3 Å². The fourth-order valence-electron chi connectivity index (χ4n) is 5.61. The minimum atomic E-state index is -1.14. The largest absolute Gasteiger partial charge is 0.491 e. The average molecular weight is 634 g/mol. The third kappa shape index (κ3) is 6.09. The van der Waals surface area contributed by atoms with Gasteiger partial charge >= 0.3 is 0 Å². The van der Waals surface area contributed by atoms with Crippen molar-refractivity contribution >= 4 is 34.6 Å². The normalized spacial score (nSPS) is 20.3. The first-order chi connectivity index (χ1) is 21.5. The second-order valence-corrected chi connectivity index (χ2v) is 11.5. The second-order valence-electron chi connectivity index (χ2n) is 10.7. The molecule has 0 spiro atoms. The number of piperazine rings is 1. The molecule has 5 aromatic rings. The molecule has 0 radical (unpaired) electrons. The molecule has 226 valence electrons. The Balaban J connectivity index is 0.936. The summed E-state index contributed by atoms with van der Waals surface area (Å²) in [7, 11) is 0. The number of halogens is 2. The Labute approximate surface area is 264 Å². The Morgan fingerprint density at radius 3 is 2.09 bits per heavy atom. The molecular weight excluding hydrogens is 603 g/mol. The molecule has 2 aromatic heterocycles. The summed E-state index contributed by atoms with van der Waals surface area (Å²) in [6.07, 6.45) is 6.01. The smallest absolute Gasteiger partial charge is 0.217 e. The topological polar surface area (TPSA) is 95.6 Å². The van der Waals surface area contributed by atoms with Crippen molar-refractivity contribution in [3.8, 4) is 11.4 Å². The number of nitrogens with zero attached hydrogens (tertiary/aromatic N) is 8. The van der Waals surface area contributed by atoms with Crippen molar-refractivity contribution in [3.05, 3.63) is 108 Å². The van der Waals surface area contributed by atoms with Crippen LogP contribution in [-0.4, -0.2) is 75.0 Å². The van der Waals surface area contributed by atoms with E-state index < -0.39 is 5.79 Å². The van der Waals surface area contributed by atoms with E-state index >= 15 is 0 Å². The number of benzene rings is 3. The molecular formula is C31H30Cl2N8O3. The molecule has 2 fully saturated rings. The van der Waals surface area contributed by atoms with E-state index in [1.165, 1.54) is 24.0 Å². The van der Waals surface area contributed by atoms with Crippen LogP contribution < -0.4 is 14.5 Å². The van der Waals surface area contributed by atoms with E-state index in [1.807, 2.05) is 18.2 Å². The van der Waals surface area contributed by atoms with E-state index in [9.17, 15) is 0 Å². The molecule has 13 heteroatoms. The first kappa shape index (κ1) is 28.6. The standard InChI is InChI=1S/C31H30Cl2N8O3/c32-23-1-10-29(30(33)15-23)31(18-40-21-34-19-36-40)43-17-28(44-31)16-42-27-8-6-25(7-9-27)39-13-11-38(12-14-39)24-2-4-26(5-3-24)41-22-35-20-37-41/h1-10,15,19-22,28H,11-14,16-18H2. The summed E-state index contributed by atoms with van der Waals surface area (Å²) in [5.41, 5.74) is 4.05. The quantitative estimate of drug-likeness (QED) is 0.226. The van der Waals surface area contributed by atoms with E-state index in [0.29, 0.717) is 28.8 Å². The number of aromatic nitrogens is 6. The Bertz CT molecular complexity index is 1660.